The Balaban J connectivity index is 2.13. The highest BCUT2D eigenvalue weighted by molar-refractivity contribution is 8.00. The second-order valence-electron chi connectivity index (χ2n) is 3.53. The standard InChI is InChI=1S/C11H12N2O3S/c1-16-5-10(14)12-7-2-3-9-8(4-7)13-11(15)6-17-9/h2-4H,5-6H2,1H3,(H,12,14)(H,13,15). The van der Waals surface area contributed by atoms with Crippen LogP contribution in [0.2, 0.25) is 0 Å². The number of ether oxygens (including phenoxy) is 1. The van der Waals surface area contributed by atoms with E-state index in [0.717, 1.165) is 10.6 Å². The second-order valence-corrected chi connectivity index (χ2v) is 4.55. The molecule has 2 N–H and O–H groups in total. The molecule has 0 bridgehead atoms. The molecule has 0 saturated carbocycles. The molecule has 2 rings (SSSR count). The first kappa shape index (κ1) is 11.9. The van der Waals surface area contributed by atoms with E-state index in [1.807, 2.05) is 6.07 Å². The molecule has 90 valence electrons. The molecule has 6 heteroatoms. The van der Waals surface area contributed by atoms with Crippen LogP contribution in [-0.2, 0) is 14.3 Å². The van der Waals surface area contributed by atoms with Crippen LogP contribution in [0, 0.1) is 0 Å². The van der Waals surface area contributed by atoms with E-state index in [1.54, 1.807) is 12.1 Å². The van der Waals surface area contributed by atoms with E-state index in [-0.39, 0.29) is 18.4 Å². The molecule has 0 unspecified atom stereocenters. The third kappa shape index (κ3) is 2.98. The number of hydrogen-bond acceptors (Lipinski definition) is 4. The number of hydrogen-bond donors (Lipinski definition) is 2. The lowest BCUT2D eigenvalue weighted by molar-refractivity contribution is -0.119. The van der Waals surface area contributed by atoms with Crippen LogP contribution in [0.1, 0.15) is 0 Å². The van der Waals surface area contributed by atoms with Crippen LogP contribution in [0.25, 0.3) is 0 Å². The van der Waals surface area contributed by atoms with E-state index in [0.29, 0.717) is 11.4 Å². The van der Waals surface area contributed by atoms with E-state index in [9.17, 15) is 9.59 Å². The Morgan fingerprint density at radius 1 is 1.59 bits per heavy atom. The monoisotopic (exact) mass is 252 g/mol. The molecule has 1 aromatic carbocycles. The molecule has 0 fully saturated rings. The minimum atomic E-state index is -0.220. The van der Waals surface area contributed by atoms with Gasteiger partial charge in [-0.25, -0.2) is 0 Å². The van der Waals surface area contributed by atoms with Crippen molar-refractivity contribution in [1.29, 1.82) is 0 Å². The first-order valence-corrected chi connectivity index (χ1v) is 6.03. The van der Waals surface area contributed by atoms with E-state index >= 15 is 0 Å². The SMILES string of the molecule is COCC(=O)Nc1ccc2c(c1)NC(=O)CS2. The van der Waals surface area contributed by atoms with Crippen molar-refractivity contribution in [1.82, 2.24) is 0 Å². The van der Waals surface area contributed by atoms with Gasteiger partial charge in [0.05, 0.1) is 11.4 Å². The van der Waals surface area contributed by atoms with E-state index < -0.39 is 0 Å². The molecular formula is C11H12N2O3S. The third-order valence-corrected chi connectivity index (χ3v) is 3.25. The number of thioether (sulfide) groups is 1. The fraction of sp³-hybridized carbons (Fsp3) is 0.273. The summed E-state index contributed by atoms with van der Waals surface area (Å²) in [6.45, 7) is 0.0121. The average Bonchev–Trinajstić information content (AvgIpc) is 2.28. The van der Waals surface area contributed by atoms with Gasteiger partial charge < -0.3 is 15.4 Å². The quantitative estimate of drug-likeness (QED) is 0.851. The van der Waals surface area contributed by atoms with E-state index in [1.165, 1.54) is 18.9 Å². The lowest BCUT2D eigenvalue weighted by Crippen LogP contribution is -2.20. The van der Waals surface area contributed by atoms with Crippen LogP contribution in [0.5, 0.6) is 0 Å². The minimum absolute atomic E-state index is 0.0121. The van der Waals surface area contributed by atoms with Gasteiger partial charge in [-0.05, 0) is 18.2 Å². The molecule has 1 aromatic rings. The lowest BCUT2D eigenvalue weighted by Gasteiger charge is -2.17. The highest BCUT2D eigenvalue weighted by atomic mass is 32.2. The van der Waals surface area contributed by atoms with Crippen molar-refractivity contribution < 1.29 is 14.3 Å². The molecule has 0 atom stereocenters. The summed E-state index contributed by atoms with van der Waals surface area (Å²) in [6, 6.07) is 5.42. The molecule has 1 aliphatic rings. The molecule has 0 aliphatic carbocycles. The first-order chi connectivity index (χ1) is 8.19. The average molecular weight is 252 g/mol. The molecule has 0 spiro atoms. The van der Waals surface area contributed by atoms with Crippen molar-refractivity contribution >= 4 is 35.0 Å². The molecule has 0 aromatic heterocycles. The molecule has 17 heavy (non-hydrogen) atoms. The molecular weight excluding hydrogens is 240 g/mol. The zero-order valence-electron chi connectivity index (χ0n) is 9.28. The number of carbonyl (C=O) groups is 2. The summed E-state index contributed by atoms with van der Waals surface area (Å²) >= 11 is 1.49. The summed E-state index contributed by atoms with van der Waals surface area (Å²) in [5, 5.41) is 5.45. The van der Waals surface area contributed by atoms with Gasteiger partial charge in [0.25, 0.3) is 0 Å². The molecule has 1 aliphatic heterocycles. The van der Waals surface area contributed by atoms with Gasteiger partial charge in [0, 0.05) is 17.7 Å². The number of methoxy groups -OCH3 is 1. The largest absolute Gasteiger partial charge is 0.375 e. The Morgan fingerprint density at radius 3 is 3.18 bits per heavy atom. The molecule has 0 radical (unpaired) electrons. The number of fused-ring (bicyclic) bond motifs is 1. The fourth-order valence-electron chi connectivity index (χ4n) is 1.49. The number of carbonyl (C=O) groups excluding carboxylic acids is 2. The zero-order chi connectivity index (χ0) is 12.3. The molecule has 0 saturated heterocycles. The number of benzene rings is 1. The van der Waals surface area contributed by atoms with Gasteiger partial charge in [-0.2, -0.15) is 0 Å². The predicted molar refractivity (Wildman–Crippen MR) is 66.3 cm³/mol. The minimum Gasteiger partial charge on any atom is -0.375 e. The van der Waals surface area contributed by atoms with Crippen molar-refractivity contribution in [2.75, 3.05) is 30.1 Å². The maximum atomic E-state index is 11.3. The van der Waals surface area contributed by atoms with Crippen molar-refractivity contribution in [3.63, 3.8) is 0 Å². The lowest BCUT2D eigenvalue weighted by atomic mass is 10.2. The summed E-state index contributed by atoms with van der Waals surface area (Å²) in [6.07, 6.45) is 0. The highest BCUT2D eigenvalue weighted by Gasteiger charge is 2.15. The summed E-state index contributed by atoms with van der Waals surface area (Å²) in [4.78, 5) is 23.5. The Bertz CT molecular complexity index is 462. The maximum absolute atomic E-state index is 11.3. The van der Waals surface area contributed by atoms with E-state index in [4.69, 9.17) is 4.74 Å². The predicted octanol–water partition coefficient (Wildman–Crippen LogP) is 1.32. The van der Waals surface area contributed by atoms with Crippen molar-refractivity contribution in [2.45, 2.75) is 4.90 Å². The van der Waals surface area contributed by atoms with Crippen LogP contribution in [0.15, 0.2) is 23.1 Å². The highest BCUT2D eigenvalue weighted by Crippen LogP contribution is 2.33. The second kappa shape index (κ2) is 5.20. The summed E-state index contributed by atoms with van der Waals surface area (Å²) in [5.41, 5.74) is 1.38. The molecule has 5 nitrogen and oxygen atoms in total. The maximum Gasteiger partial charge on any atom is 0.250 e. The number of nitrogens with one attached hydrogen (secondary N) is 2. The van der Waals surface area contributed by atoms with Gasteiger partial charge in [-0.3, -0.25) is 9.59 Å². The molecule has 2 amide bonds. The normalized spacial score (nSPS) is 13.8. The Kier molecular flexibility index (Phi) is 3.65. The van der Waals surface area contributed by atoms with E-state index in [2.05, 4.69) is 10.6 Å². The van der Waals surface area contributed by atoms with Gasteiger partial charge in [-0.15, -0.1) is 11.8 Å². The smallest absolute Gasteiger partial charge is 0.250 e. The number of rotatable bonds is 3. The van der Waals surface area contributed by atoms with Gasteiger partial charge >= 0.3 is 0 Å². The van der Waals surface area contributed by atoms with Gasteiger partial charge in [0.1, 0.15) is 6.61 Å². The Hall–Kier alpha value is -1.53. The fourth-order valence-corrected chi connectivity index (χ4v) is 2.28. The van der Waals surface area contributed by atoms with Gasteiger partial charge in [-0.1, -0.05) is 0 Å². The Labute approximate surface area is 103 Å². The summed E-state index contributed by atoms with van der Waals surface area (Å²) in [5.74, 6) is 0.188. The number of amides is 2. The van der Waals surface area contributed by atoms with Crippen LogP contribution < -0.4 is 10.6 Å². The van der Waals surface area contributed by atoms with Crippen molar-refractivity contribution in [3.05, 3.63) is 18.2 Å². The molecule has 1 heterocycles. The zero-order valence-corrected chi connectivity index (χ0v) is 10.1. The van der Waals surface area contributed by atoms with Crippen LogP contribution >= 0.6 is 11.8 Å². The van der Waals surface area contributed by atoms with Crippen molar-refractivity contribution in [3.8, 4) is 0 Å². The topological polar surface area (TPSA) is 67.4 Å². The van der Waals surface area contributed by atoms with Crippen molar-refractivity contribution in [2.24, 2.45) is 0 Å². The Morgan fingerprint density at radius 2 is 2.41 bits per heavy atom. The third-order valence-electron chi connectivity index (χ3n) is 2.17. The summed E-state index contributed by atoms with van der Waals surface area (Å²) < 4.78 is 4.72. The first-order valence-electron chi connectivity index (χ1n) is 5.04. The van der Waals surface area contributed by atoms with Gasteiger partial charge in [0.2, 0.25) is 11.8 Å². The van der Waals surface area contributed by atoms with Crippen LogP contribution in [0.3, 0.4) is 0 Å². The summed E-state index contributed by atoms with van der Waals surface area (Å²) in [7, 11) is 1.46. The van der Waals surface area contributed by atoms with Crippen LogP contribution in [0.4, 0.5) is 11.4 Å². The van der Waals surface area contributed by atoms with Gasteiger partial charge in [0.15, 0.2) is 0 Å². The van der Waals surface area contributed by atoms with Crippen LogP contribution in [-0.4, -0.2) is 31.3 Å². The number of anilines is 2.